The van der Waals surface area contributed by atoms with Crippen LogP contribution in [0, 0.1) is 11.2 Å². The maximum Gasteiger partial charge on any atom is 0.673 e. The average molecular weight is 358 g/mol. The van der Waals surface area contributed by atoms with E-state index in [-0.39, 0.29) is 9.92 Å². The van der Waals surface area contributed by atoms with E-state index < -0.39 is 30.7 Å². The maximum absolute atomic E-state index is 12.9. The molecule has 21 heavy (non-hydrogen) atoms. The van der Waals surface area contributed by atoms with Gasteiger partial charge in [0.25, 0.3) is 0 Å². The Balaban J connectivity index is 0.000000690. The van der Waals surface area contributed by atoms with Crippen molar-refractivity contribution in [3.63, 3.8) is 0 Å². The van der Waals surface area contributed by atoms with Gasteiger partial charge in [-0.1, -0.05) is 11.6 Å². The van der Waals surface area contributed by atoms with Crippen LogP contribution in [0.4, 0.5) is 40.5 Å². The molecule has 0 N–H and O–H groups in total. The van der Waals surface area contributed by atoms with E-state index >= 15 is 0 Å². The number of halogens is 9. The van der Waals surface area contributed by atoms with Crippen LogP contribution in [0.3, 0.4) is 0 Å². The molecule has 13 heteroatoms. The number of diazo groups is 1. The first-order valence-electron chi connectivity index (χ1n) is 4.74. The summed E-state index contributed by atoms with van der Waals surface area (Å²) < 4.78 is 87.7. The minimum Gasteiger partial charge on any atom is -0.418 e. The molecule has 0 atom stereocenters. The topological polar surface area (TPSA) is 28.1 Å². The molecule has 0 aliphatic heterocycles. The van der Waals surface area contributed by atoms with Crippen LogP contribution in [-0.2, 0) is 0 Å². The zero-order chi connectivity index (χ0) is 16.8. The molecule has 0 bridgehead atoms. The van der Waals surface area contributed by atoms with Crippen molar-refractivity contribution in [1.29, 1.82) is 5.39 Å². The number of rotatable bonds is 2. The van der Waals surface area contributed by atoms with Gasteiger partial charge in [-0.2, -0.15) is 17.6 Å². The lowest BCUT2D eigenvalue weighted by atomic mass is 10.3. The molecule has 1 aromatic carbocycles. The molecular weight excluding hydrogens is 354 g/mol. The van der Waals surface area contributed by atoms with Crippen LogP contribution < -0.4 is 0 Å². The number of thioether (sulfide) groups is 1. The van der Waals surface area contributed by atoms with Crippen LogP contribution in [-0.4, -0.2) is 19.2 Å². The second-order valence-corrected chi connectivity index (χ2v) is 4.66. The van der Waals surface area contributed by atoms with Crippen molar-refractivity contribution in [3.8, 4) is 0 Å². The Bertz CT molecular complexity index is 521. The first-order chi connectivity index (χ1) is 9.33. The SMILES string of the molecule is F[B-](F)(F)F.N#[N+]c1cc(SCC(F)(F)F)c(Cl)cc1F. The lowest BCUT2D eigenvalue weighted by Crippen LogP contribution is -2.10. The van der Waals surface area contributed by atoms with Crippen LogP contribution in [0.25, 0.3) is 4.98 Å². The molecule has 0 fully saturated rings. The number of hydrogen-bond donors (Lipinski definition) is 0. The first kappa shape index (κ1) is 19.8. The third-order valence-corrected chi connectivity index (χ3v) is 3.05. The zero-order valence-corrected chi connectivity index (χ0v) is 11.2. The van der Waals surface area contributed by atoms with Gasteiger partial charge in [-0.15, -0.1) is 11.8 Å². The van der Waals surface area contributed by atoms with Crippen molar-refractivity contribution in [2.45, 2.75) is 11.1 Å². The molecule has 0 radical (unpaired) electrons. The number of alkyl halides is 3. The molecule has 0 saturated heterocycles. The second-order valence-electron chi connectivity index (χ2n) is 3.23. The van der Waals surface area contributed by atoms with E-state index in [1.54, 1.807) is 0 Å². The summed E-state index contributed by atoms with van der Waals surface area (Å²) in [6, 6.07) is 1.75. The number of nitrogens with zero attached hydrogens (tertiary/aromatic N) is 2. The van der Waals surface area contributed by atoms with Gasteiger partial charge >= 0.3 is 19.1 Å². The molecule has 1 aromatic rings. The summed E-state index contributed by atoms with van der Waals surface area (Å²) >= 11 is 5.93. The molecule has 0 aromatic heterocycles. The quantitative estimate of drug-likeness (QED) is 0.284. The van der Waals surface area contributed by atoms with Gasteiger partial charge in [-0.05, 0) is 0 Å². The van der Waals surface area contributed by atoms with Gasteiger partial charge in [0.1, 0.15) is 0 Å². The highest BCUT2D eigenvalue weighted by molar-refractivity contribution is 7.99. The highest BCUT2D eigenvalue weighted by atomic mass is 35.5. The minimum atomic E-state index is -6.00. The smallest absolute Gasteiger partial charge is 0.418 e. The Kier molecular flexibility index (Phi) is 7.25. The van der Waals surface area contributed by atoms with Crippen molar-refractivity contribution < 1.29 is 34.8 Å². The number of hydrogen-bond acceptors (Lipinski definition) is 2. The Morgan fingerprint density at radius 2 is 1.67 bits per heavy atom. The fourth-order valence-electron chi connectivity index (χ4n) is 0.865. The van der Waals surface area contributed by atoms with Gasteiger partial charge in [0.05, 0.1) is 16.8 Å². The first-order valence-corrected chi connectivity index (χ1v) is 6.11. The Morgan fingerprint density at radius 1 is 1.19 bits per heavy atom. The van der Waals surface area contributed by atoms with Crippen LogP contribution in [0.2, 0.25) is 5.02 Å². The third-order valence-electron chi connectivity index (χ3n) is 1.50. The Labute approximate surface area is 122 Å². The van der Waals surface area contributed by atoms with Crippen LogP contribution >= 0.6 is 23.4 Å². The summed E-state index contributed by atoms with van der Waals surface area (Å²) in [6.45, 7) is 0. The second kappa shape index (κ2) is 7.70. The number of benzene rings is 1. The fourth-order valence-corrected chi connectivity index (χ4v) is 1.89. The predicted octanol–water partition coefficient (Wildman–Crippen LogP) is 5.92. The van der Waals surface area contributed by atoms with Crippen molar-refractivity contribution >= 4 is 36.3 Å². The van der Waals surface area contributed by atoms with Crippen LogP contribution in [0.1, 0.15) is 0 Å². The highest BCUT2D eigenvalue weighted by Gasteiger charge is 2.28. The van der Waals surface area contributed by atoms with Crippen molar-refractivity contribution in [2.24, 2.45) is 0 Å². The fraction of sp³-hybridized carbons (Fsp3) is 0.250. The van der Waals surface area contributed by atoms with E-state index in [2.05, 4.69) is 4.98 Å². The monoisotopic (exact) mass is 358 g/mol. The van der Waals surface area contributed by atoms with Crippen LogP contribution in [0.5, 0.6) is 0 Å². The summed E-state index contributed by atoms with van der Waals surface area (Å²) in [7, 11) is -6.00. The Morgan fingerprint density at radius 3 is 2.05 bits per heavy atom. The van der Waals surface area contributed by atoms with Gasteiger partial charge in [0, 0.05) is 11.0 Å². The third kappa shape index (κ3) is 10.2. The minimum absolute atomic E-state index is 0.00758. The molecule has 0 amide bonds. The summed E-state index contributed by atoms with van der Waals surface area (Å²) in [4.78, 5) is 2.60. The molecule has 0 spiro atoms. The summed E-state index contributed by atoms with van der Waals surface area (Å²) in [5, 5.41) is 8.22. The maximum atomic E-state index is 12.9. The summed E-state index contributed by atoms with van der Waals surface area (Å²) in [6.07, 6.45) is -4.35. The molecule has 0 aliphatic rings. The van der Waals surface area contributed by atoms with E-state index in [1.165, 1.54) is 0 Å². The summed E-state index contributed by atoms with van der Waals surface area (Å²) in [5.41, 5.74) is -0.450. The highest BCUT2D eigenvalue weighted by Crippen LogP contribution is 2.35. The van der Waals surface area contributed by atoms with Crippen molar-refractivity contribution in [1.82, 2.24) is 0 Å². The lowest BCUT2D eigenvalue weighted by molar-refractivity contribution is -0.105. The van der Waals surface area contributed by atoms with E-state index in [0.29, 0.717) is 11.8 Å². The van der Waals surface area contributed by atoms with Gasteiger partial charge in [-0.3, -0.25) is 0 Å². The molecule has 2 nitrogen and oxygen atoms in total. The van der Waals surface area contributed by atoms with Gasteiger partial charge in [-0.25, -0.2) is 0 Å². The Hall–Kier alpha value is -1.22. The van der Waals surface area contributed by atoms with Gasteiger partial charge in [0.2, 0.25) is 11.2 Å². The van der Waals surface area contributed by atoms with Crippen LogP contribution in [0.15, 0.2) is 17.0 Å². The molecule has 0 aliphatic carbocycles. The molecule has 118 valence electrons. The van der Waals surface area contributed by atoms with Gasteiger partial charge < -0.3 is 17.3 Å². The molecule has 0 heterocycles. The van der Waals surface area contributed by atoms with Crippen molar-refractivity contribution in [2.75, 3.05) is 5.75 Å². The van der Waals surface area contributed by atoms with E-state index in [4.69, 9.17) is 17.0 Å². The average Bonchev–Trinajstić information content (AvgIpc) is 2.24. The van der Waals surface area contributed by atoms with E-state index in [0.717, 1.165) is 12.1 Å². The zero-order valence-electron chi connectivity index (χ0n) is 9.64. The van der Waals surface area contributed by atoms with E-state index in [1.807, 2.05) is 0 Å². The normalized spacial score (nSPS) is 11.4. The lowest BCUT2D eigenvalue weighted by Gasteiger charge is -2.06. The summed E-state index contributed by atoms with van der Waals surface area (Å²) in [5.74, 6) is -2.05. The predicted molar refractivity (Wildman–Crippen MR) is 63.1 cm³/mol. The molecule has 0 saturated carbocycles. The standard InChI is InChI=1S/C8H4ClF4N2S.BF4/c9-4-1-5(10)6(15-14)2-7(4)16-3-8(11,12)13;2-1(3,4)5/h1-2H,3H2;/q+1;-1. The molecule has 0 unspecified atom stereocenters. The van der Waals surface area contributed by atoms with Gasteiger partial charge in [0.15, 0.2) is 4.98 Å². The molecular formula is C8H4BClF8N2S. The largest absolute Gasteiger partial charge is 0.673 e. The molecule has 1 rings (SSSR count). The van der Waals surface area contributed by atoms with E-state index in [9.17, 15) is 34.8 Å². The van der Waals surface area contributed by atoms with Crippen molar-refractivity contribution in [3.05, 3.63) is 27.9 Å².